The minimum atomic E-state index is 0.182. The summed E-state index contributed by atoms with van der Waals surface area (Å²) in [7, 11) is 0. The lowest BCUT2D eigenvalue weighted by Crippen LogP contribution is -2.12. The van der Waals surface area contributed by atoms with Crippen molar-refractivity contribution < 1.29 is 9.47 Å². The summed E-state index contributed by atoms with van der Waals surface area (Å²) >= 11 is 6.19. The normalized spacial score (nSPS) is 14.0. The van der Waals surface area contributed by atoms with Crippen LogP contribution in [-0.2, 0) is 11.3 Å². The van der Waals surface area contributed by atoms with E-state index >= 15 is 0 Å². The van der Waals surface area contributed by atoms with Crippen molar-refractivity contribution in [1.29, 1.82) is 5.26 Å². The molecule has 4 rings (SSSR count). The number of benzene rings is 2. The molecule has 2 heterocycles. The number of imidazole rings is 1. The first-order valence-electron chi connectivity index (χ1n) is 7.75. The summed E-state index contributed by atoms with van der Waals surface area (Å²) in [6.45, 7) is 2.63. The predicted octanol–water partition coefficient (Wildman–Crippen LogP) is 4.46. The summed E-state index contributed by atoms with van der Waals surface area (Å²) in [5.41, 5.74) is 4.85. The molecule has 0 bridgehead atoms. The second-order valence-electron chi connectivity index (χ2n) is 5.87. The van der Waals surface area contributed by atoms with E-state index in [0.29, 0.717) is 28.8 Å². The van der Waals surface area contributed by atoms with Crippen LogP contribution in [-0.4, -0.2) is 16.8 Å². The monoisotopic (exact) mass is 351 g/mol. The molecule has 3 aromatic rings. The average Bonchev–Trinajstić information content (AvgIpc) is 3.02. The molecule has 25 heavy (non-hydrogen) atoms. The smallest absolute Gasteiger partial charge is 0.189 e. The third-order valence-electron chi connectivity index (χ3n) is 4.02. The summed E-state index contributed by atoms with van der Waals surface area (Å²) < 4.78 is 10.9. The molecular formula is C19H14ClN3O2. The Labute approximate surface area is 149 Å². The highest BCUT2D eigenvalue weighted by Crippen LogP contribution is 2.34. The van der Waals surface area contributed by atoms with Crippen molar-refractivity contribution in [2.45, 2.75) is 13.5 Å². The highest BCUT2D eigenvalue weighted by atomic mass is 35.5. The first-order chi connectivity index (χ1) is 12.1. The van der Waals surface area contributed by atoms with Gasteiger partial charge in [0, 0.05) is 16.1 Å². The first-order valence-corrected chi connectivity index (χ1v) is 8.13. The molecule has 0 radical (unpaired) electrons. The molecule has 6 heteroatoms. The number of H-pyrrole nitrogens is 1. The third kappa shape index (κ3) is 2.98. The molecule has 5 nitrogen and oxygen atoms in total. The van der Waals surface area contributed by atoms with Gasteiger partial charge in [-0.25, -0.2) is 4.98 Å². The van der Waals surface area contributed by atoms with Crippen LogP contribution >= 0.6 is 11.6 Å². The maximum absolute atomic E-state index is 9.62. The molecule has 1 aliphatic rings. The first kappa shape index (κ1) is 15.7. The lowest BCUT2D eigenvalue weighted by atomic mass is 10.1. The number of aromatic amines is 1. The van der Waals surface area contributed by atoms with Gasteiger partial charge < -0.3 is 14.5 Å². The van der Waals surface area contributed by atoms with E-state index < -0.39 is 0 Å². The van der Waals surface area contributed by atoms with E-state index in [4.69, 9.17) is 21.1 Å². The molecule has 2 aromatic carbocycles. The fraction of sp³-hybridized carbons (Fsp3) is 0.158. The average molecular weight is 352 g/mol. The standard InChI is InChI=1S/C19H14ClN3O2/c1-11-2-3-16-17(4-11)23-19(22-16)13(8-21)5-12-6-15(20)7-14-9-24-10-25-18(12)14/h2-7H,9-10H2,1H3,(H,22,23)/b13-5+. The van der Waals surface area contributed by atoms with Gasteiger partial charge in [0.25, 0.3) is 0 Å². The highest BCUT2D eigenvalue weighted by molar-refractivity contribution is 6.31. The van der Waals surface area contributed by atoms with Crippen LogP contribution in [0.4, 0.5) is 0 Å². The zero-order valence-corrected chi connectivity index (χ0v) is 14.2. The zero-order valence-electron chi connectivity index (χ0n) is 13.5. The minimum absolute atomic E-state index is 0.182. The third-order valence-corrected chi connectivity index (χ3v) is 4.23. The summed E-state index contributed by atoms with van der Waals surface area (Å²) in [6.07, 6.45) is 1.74. The Morgan fingerprint density at radius 3 is 3.08 bits per heavy atom. The molecule has 0 saturated carbocycles. The van der Waals surface area contributed by atoms with Gasteiger partial charge in [0.2, 0.25) is 0 Å². The van der Waals surface area contributed by atoms with E-state index in [1.165, 1.54) is 0 Å². The molecule has 124 valence electrons. The van der Waals surface area contributed by atoms with Gasteiger partial charge in [-0.15, -0.1) is 0 Å². The molecule has 0 atom stereocenters. The van der Waals surface area contributed by atoms with Gasteiger partial charge in [-0.05, 0) is 42.8 Å². The van der Waals surface area contributed by atoms with Gasteiger partial charge in [-0.2, -0.15) is 5.26 Å². The van der Waals surface area contributed by atoms with Crippen LogP contribution < -0.4 is 4.74 Å². The molecular weight excluding hydrogens is 338 g/mol. The largest absolute Gasteiger partial charge is 0.467 e. The van der Waals surface area contributed by atoms with Crippen LogP contribution in [0.3, 0.4) is 0 Å². The lowest BCUT2D eigenvalue weighted by Gasteiger charge is -2.20. The molecule has 1 aromatic heterocycles. The van der Waals surface area contributed by atoms with Crippen LogP contribution in [0.15, 0.2) is 30.3 Å². The van der Waals surface area contributed by atoms with Gasteiger partial charge in [-0.1, -0.05) is 17.7 Å². The van der Waals surface area contributed by atoms with Crippen molar-refractivity contribution in [3.8, 4) is 11.8 Å². The number of ether oxygens (including phenoxy) is 2. The van der Waals surface area contributed by atoms with E-state index in [1.807, 2.05) is 31.2 Å². The van der Waals surface area contributed by atoms with Crippen molar-refractivity contribution in [2.24, 2.45) is 0 Å². The van der Waals surface area contributed by atoms with Crippen LogP contribution in [0.1, 0.15) is 22.5 Å². The topological polar surface area (TPSA) is 70.9 Å². The van der Waals surface area contributed by atoms with E-state index in [0.717, 1.165) is 27.7 Å². The van der Waals surface area contributed by atoms with Crippen LogP contribution in [0.25, 0.3) is 22.7 Å². The second-order valence-corrected chi connectivity index (χ2v) is 6.31. The number of allylic oxidation sites excluding steroid dienone is 1. The van der Waals surface area contributed by atoms with Gasteiger partial charge in [0.15, 0.2) is 6.79 Å². The Hall–Kier alpha value is -2.81. The maximum atomic E-state index is 9.62. The Kier molecular flexibility index (Phi) is 3.92. The molecule has 0 aliphatic carbocycles. The summed E-state index contributed by atoms with van der Waals surface area (Å²) in [6, 6.07) is 11.7. The molecule has 0 saturated heterocycles. The number of nitrogens with one attached hydrogen (secondary N) is 1. The summed E-state index contributed by atoms with van der Waals surface area (Å²) in [4.78, 5) is 7.71. The Balaban J connectivity index is 1.83. The van der Waals surface area contributed by atoms with Gasteiger partial charge in [0.05, 0.1) is 23.2 Å². The Morgan fingerprint density at radius 1 is 1.36 bits per heavy atom. The minimum Gasteiger partial charge on any atom is -0.467 e. The zero-order chi connectivity index (χ0) is 17.4. The van der Waals surface area contributed by atoms with Gasteiger partial charge in [0.1, 0.15) is 17.6 Å². The number of aryl methyl sites for hydroxylation is 1. The van der Waals surface area contributed by atoms with Crippen molar-refractivity contribution in [1.82, 2.24) is 9.97 Å². The van der Waals surface area contributed by atoms with Crippen molar-refractivity contribution in [2.75, 3.05) is 6.79 Å². The van der Waals surface area contributed by atoms with Crippen molar-refractivity contribution in [3.05, 3.63) is 57.9 Å². The SMILES string of the molecule is Cc1ccc2nc(/C(C#N)=C/c3cc(Cl)cc4c3OCOC4)[nH]c2c1. The number of fused-ring (bicyclic) bond motifs is 2. The Morgan fingerprint density at radius 2 is 2.24 bits per heavy atom. The highest BCUT2D eigenvalue weighted by Gasteiger charge is 2.17. The molecule has 0 fully saturated rings. The number of aromatic nitrogens is 2. The molecule has 1 aliphatic heterocycles. The molecule has 0 spiro atoms. The predicted molar refractivity (Wildman–Crippen MR) is 96.1 cm³/mol. The Bertz CT molecular complexity index is 1050. The summed E-state index contributed by atoms with van der Waals surface area (Å²) in [5.74, 6) is 1.21. The number of halogens is 1. The second kappa shape index (κ2) is 6.25. The molecule has 0 amide bonds. The van der Waals surface area contributed by atoms with Crippen LogP contribution in [0, 0.1) is 18.3 Å². The quantitative estimate of drug-likeness (QED) is 0.692. The summed E-state index contributed by atoms with van der Waals surface area (Å²) in [5, 5.41) is 10.2. The number of nitriles is 1. The van der Waals surface area contributed by atoms with Gasteiger partial charge >= 0.3 is 0 Å². The number of hydrogen-bond acceptors (Lipinski definition) is 4. The van der Waals surface area contributed by atoms with Crippen LogP contribution in [0.5, 0.6) is 5.75 Å². The fourth-order valence-corrected chi connectivity index (χ4v) is 3.13. The number of nitrogens with zero attached hydrogens (tertiary/aromatic N) is 2. The lowest BCUT2D eigenvalue weighted by molar-refractivity contribution is -0.0165. The number of hydrogen-bond donors (Lipinski definition) is 1. The van der Waals surface area contributed by atoms with E-state index in [9.17, 15) is 5.26 Å². The number of rotatable bonds is 2. The molecule has 1 N–H and O–H groups in total. The van der Waals surface area contributed by atoms with Crippen molar-refractivity contribution >= 4 is 34.3 Å². The fourth-order valence-electron chi connectivity index (χ4n) is 2.88. The van der Waals surface area contributed by atoms with E-state index in [2.05, 4.69) is 16.0 Å². The van der Waals surface area contributed by atoms with E-state index in [-0.39, 0.29) is 6.79 Å². The molecule has 0 unspecified atom stereocenters. The van der Waals surface area contributed by atoms with Gasteiger partial charge in [-0.3, -0.25) is 0 Å². The van der Waals surface area contributed by atoms with E-state index in [1.54, 1.807) is 12.1 Å². The maximum Gasteiger partial charge on any atom is 0.189 e. The van der Waals surface area contributed by atoms with Crippen molar-refractivity contribution in [3.63, 3.8) is 0 Å². The van der Waals surface area contributed by atoms with Crippen LogP contribution in [0.2, 0.25) is 5.02 Å².